The Morgan fingerprint density at radius 1 is 1.38 bits per heavy atom. The molecule has 0 aliphatic carbocycles. The van der Waals surface area contributed by atoms with Crippen LogP contribution >= 0.6 is 0 Å². The van der Waals surface area contributed by atoms with Crippen LogP contribution in [0.5, 0.6) is 0 Å². The maximum Gasteiger partial charge on any atom is 0.318 e. The number of nitrogens with zero attached hydrogens (tertiary/aromatic N) is 1. The number of sulfone groups is 1. The predicted octanol–water partition coefficient (Wildman–Crippen LogP) is 1.21. The Morgan fingerprint density at radius 3 is 2.38 bits per heavy atom. The van der Waals surface area contributed by atoms with Gasteiger partial charge in [-0.3, -0.25) is 4.79 Å². The number of nitriles is 1. The normalized spacial score (nSPS) is 12.1. The fourth-order valence-corrected chi connectivity index (χ4v) is 2.37. The molecule has 0 saturated heterocycles. The molecule has 0 saturated carbocycles. The Kier molecular flexibility index (Phi) is 5.45. The van der Waals surface area contributed by atoms with E-state index in [1.54, 1.807) is 13.8 Å². The van der Waals surface area contributed by atoms with Crippen molar-refractivity contribution in [2.24, 2.45) is 5.41 Å². The first-order valence-corrected chi connectivity index (χ1v) is 6.84. The Bertz CT molecular complexity index is 378. The Labute approximate surface area is 96.0 Å². The van der Waals surface area contributed by atoms with Crippen LogP contribution in [0.4, 0.5) is 0 Å². The molecule has 1 N–H and O–H groups in total. The fraction of sp³-hybridized carbons (Fsp3) is 0.800. The second-order valence-corrected chi connectivity index (χ2v) is 6.62. The van der Waals surface area contributed by atoms with Crippen molar-refractivity contribution in [2.45, 2.75) is 33.1 Å². The van der Waals surface area contributed by atoms with Crippen molar-refractivity contribution < 1.29 is 18.3 Å². The van der Waals surface area contributed by atoms with Gasteiger partial charge in [0.25, 0.3) is 0 Å². The number of hydrogen-bond acceptors (Lipinski definition) is 4. The smallest absolute Gasteiger partial charge is 0.318 e. The summed E-state index contributed by atoms with van der Waals surface area (Å²) in [6.07, 6.45) is 1.63. The second kappa shape index (κ2) is 5.85. The lowest BCUT2D eigenvalue weighted by Gasteiger charge is -2.13. The molecule has 5 nitrogen and oxygen atoms in total. The van der Waals surface area contributed by atoms with Gasteiger partial charge in [0.15, 0.2) is 9.84 Å². The molecule has 0 aliphatic rings. The molecule has 0 atom stereocenters. The highest BCUT2D eigenvalue weighted by atomic mass is 32.2. The molecule has 0 aromatic carbocycles. The number of carboxylic acids is 1. The van der Waals surface area contributed by atoms with Gasteiger partial charge in [-0.25, -0.2) is 8.42 Å². The molecule has 0 bridgehead atoms. The minimum Gasteiger partial charge on any atom is -0.480 e. The van der Waals surface area contributed by atoms with E-state index >= 15 is 0 Å². The summed E-state index contributed by atoms with van der Waals surface area (Å²) in [7, 11) is -3.49. The molecule has 6 heteroatoms. The molecule has 0 radical (unpaired) electrons. The van der Waals surface area contributed by atoms with Gasteiger partial charge in [-0.05, 0) is 26.7 Å². The van der Waals surface area contributed by atoms with Crippen LogP contribution in [-0.2, 0) is 14.6 Å². The van der Waals surface area contributed by atoms with Gasteiger partial charge in [-0.15, -0.1) is 0 Å². The van der Waals surface area contributed by atoms with Crippen molar-refractivity contribution in [3.05, 3.63) is 0 Å². The molecular formula is C10H17NO4S. The van der Waals surface area contributed by atoms with Gasteiger partial charge < -0.3 is 5.11 Å². The average molecular weight is 247 g/mol. The van der Waals surface area contributed by atoms with Crippen LogP contribution < -0.4 is 0 Å². The van der Waals surface area contributed by atoms with Crippen LogP contribution in [0, 0.1) is 16.7 Å². The van der Waals surface area contributed by atoms with E-state index < -0.39 is 27.0 Å². The lowest BCUT2D eigenvalue weighted by molar-refractivity contribution is -0.134. The SMILES string of the molecule is CC(C)(C#N)CCCCS(=O)(=O)CC(=O)O. The quantitative estimate of drug-likeness (QED) is 0.682. The number of hydrogen-bond donors (Lipinski definition) is 1. The van der Waals surface area contributed by atoms with Crippen molar-refractivity contribution in [1.29, 1.82) is 5.26 Å². The first-order valence-electron chi connectivity index (χ1n) is 5.02. The standard InChI is InChI=1S/C10H17NO4S/c1-10(2,8-11)5-3-4-6-16(14,15)7-9(12)13/h3-7H2,1-2H3,(H,12,13). The first-order chi connectivity index (χ1) is 7.18. The highest BCUT2D eigenvalue weighted by Gasteiger charge is 2.18. The molecule has 0 aromatic rings. The number of unbranched alkanes of at least 4 members (excludes halogenated alkanes) is 1. The Morgan fingerprint density at radius 2 is 1.94 bits per heavy atom. The van der Waals surface area contributed by atoms with Crippen LogP contribution in [0.2, 0.25) is 0 Å². The third-order valence-corrected chi connectivity index (χ3v) is 3.75. The number of carboxylic acid groups (broad SMARTS) is 1. The number of rotatable bonds is 7. The summed E-state index contributed by atoms with van der Waals surface area (Å²) in [6, 6.07) is 2.13. The van der Waals surface area contributed by atoms with Crippen LogP contribution in [-0.4, -0.2) is 31.0 Å². The van der Waals surface area contributed by atoms with E-state index in [9.17, 15) is 13.2 Å². The lowest BCUT2D eigenvalue weighted by Crippen LogP contribution is -2.18. The molecule has 0 aromatic heterocycles. The summed E-state index contributed by atoms with van der Waals surface area (Å²) in [4.78, 5) is 10.2. The maximum atomic E-state index is 11.2. The van der Waals surface area contributed by atoms with E-state index in [4.69, 9.17) is 10.4 Å². The molecule has 16 heavy (non-hydrogen) atoms. The van der Waals surface area contributed by atoms with Gasteiger partial charge in [0.1, 0.15) is 5.75 Å². The first kappa shape index (κ1) is 14.9. The molecule has 0 aliphatic heterocycles. The third kappa shape index (κ3) is 7.23. The zero-order valence-corrected chi connectivity index (χ0v) is 10.4. The molecule has 0 amide bonds. The van der Waals surface area contributed by atoms with Gasteiger partial charge in [0.05, 0.1) is 17.2 Å². The third-order valence-electron chi connectivity index (χ3n) is 2.15. The van der Waals surface area contributed by atoms with Crippen LogP contribution in [0.1, 0.15) is 33.1 Å². The molecular weight excluding hydrogens is 230 g/mol. The van der Waals surface area contributed by atoms with Gasteiger partial charge >= 0.3 is 5.97 Å². The minimum atomic E-state index is -3.49. The van der Waals surface area contributed by atoms with E-state index in [2.05, 4.69) is 6.07 Å². The topological polar surface area (TPSA) is 95.2 Å². The zero-order chi connectivity index (χ0) is 12.8. The molecule has 0 spiro atoms. The van der Waals surface area contributed by atoms with E-state index in [0.717, 1.165) is 0 Å². The van der Waals surface area contributed by atoms with Crippen LogP contribution in [0.25, 0.3) is 0 Å². The summed E-state index contributed by atoms with van der Waals surface area (Å²) in [6.45, 7) is 3.58. The van der Waals surface area contributed by atoms with Crippen LogP contribution in [0.15, 0.2) is 0 Å². The zero-order valence-electron chi connectivity index (χ0n) is 9.56. The molecule has 0 heterocycles. The molecule has 0 fully saturated rings. The van der Waals surface area contributed by atoms with E-state index in [-0.39, 0.29) is 5.75 Å². The van der Waals surface area contributed by atoms with E-state index in [1.165, 1.54) is 0 Å². The van der Waals surface area contributed by atoms with Crippen LogP contribution in [0.3, 0.4) is 0 Å². The van der Waals surface area contributed by atoms with Crippen molar-refractivity contribution >= 4 is 15.8 Å². The monoisotopic (exact) mass is 247 g/mol. The van der Waals surface area contributed by atoms with Gasteiger partial charge in [0, 0.05) is 0 Å². The number of aliphatic carboxylic acids is 1. The summed E-state index contributed by atoms with van der Waals surface area (Å²) < 4.78 is 22.4. The largest absolute Gasteiger partial charge is 0.480 e. The highest BCUT2D eigenvalue weighted by Crippen LogP contribution is 2.21. The fourth-order valence-electron chi connectivity index (χ4n) is 1.21. The van der Waals surface area contributed by atoms with Crippen molar-refractivity contribution in [1.82, 2.24) is 0 Å². The average Bonchev–Trinajstić information content (AvgIpc) is 2.11. The lowest BCUT2D eigenvalue weighted by atomic mass is 9.89. The summed E-state index contributed by atoms with van der Waals surface area (Å²) in [5, 5.41) is 17.1. The molecule has 92 valence electrons. The van der Waals surface area contributed by atoms with Gasteiger partial charge in [-0.2, -0.15) is 5.26 Å². The maximum absolute atomic E-state index is 11.2. The van der Waals surface area contributed by atoms with E-state index in [1.807, 2.05) is 0 Å². The molecule has 0 unspecified atom stereocenters. The van der Waals surface area contributed by atoms with Crippen molar-refractivity contribution in [3.63, 3.8) is 0 Å². The summed E-state index contributed by atoms with van der Waals surface area (Å²) in [5.41, 5.74) is -0.448. The minimum absolute atomic E-state index is 0.124. The Hall–Kier alpha value is -1.09. The van der Waals surface area contributed by atoms with Crippen molar-refractivity contribution in [3.8, 4) is 6.07 Å². The van der Waals surface area contributed by atoms with E-state index in [0.29, 0.717) is 19.3 Å². The van der Waals surface area contributed by atoms with Crippen molar-refractivity contribution in [2.75, 3.05) is 11.5 Å². The second-order valence-electron chi connectivity index (χ2n) is 4.44. The number of carbonyl (C=O) groups is 1. The highest BCUT2D eigenvalue weighted by molar-refractivity contribution is 7.92. The predicted molar refractivity (Wildman–Crippen MR) is 59.5 cm³/mol. The van der Waals surface area contributed by atoms with Gasteiger partial charge in [0.2, 0.25) is 0 Å². The Balaban J connectivity index is 3.93. The summed E-state index contributed by atoms with van der Waals surface area (Å²) >= 11 is 0. The molecule has 0 rings (SSSR count). The summed E-state index contributed by atoms with van der Waals surface area (Å²) in [5.74, 6) is -2.26. The van der Waals surface area contributed by atoms with Gasteiger partial charge in [-0.1, -0.05) is 6.42 Å².